The zero-order valence-corrected chi connectivity index (χ0v) is 8.62. The summed E-state index contributed by atoms with van der Waals surface area (Å²) in [6.45, 7) is 1.98. The second-order valence-electron chi connectivity index (χ2n) is 4.02. The quantitative estimate of drug-likeness (QED) is 0.772. The van der Waals surface area contributed by atoms with Crippen LogP contribution in [0.5, 0.6) is 0 Å². The molecule has 4 heteroatoms. The van der Waals surface area contributed by atoms with Gasteiger partial charge in [0.25, 0.3) is 5.91 Å². The summed E-state index contributed by atoms with van der Waals surface area (Å²) in [6, 6.07) is 1.52. The Kier molecular flexibility index (Phi) is 2.58. The molecule has 0 aromatic carbocycles. The molecule has 4 nitrogen and oxygen atoms in total. The molecular weight excluding hydrogens is 192 g/mol. The lowest BCUT2D eigenvalue weighted by Crippen LogP contribution is -2.36. The van der Waals surface area contributed by atoms with E-state index in [4.69, 9.17) is 0 Å². The van der Waals surface area contributed by atoms with Crippen molar-refractivity contribution in [3.63, 3.8) is 0 Å². The number of hydrogen-bond acceptors (Lipinski definition) is 2. The van der Waals surface area contributed by atoms with E-state index in [2.05, 4.69) is 10.3 Å². The fraction of sp³-hybridized carbons (Fsp3) is 0.455. The highest BCUT2D eigenvalue weighted by molar-refractivity contribution is 5.93. The van der Waals surface area contributed by atoms with Gasteiger partial charge < -0.3 is 10.3 Å². The van der Waals surface area contributed by atoms with Gasteiger partial charge in [0.2, 0.25) is 0 Å². The highest BCUT2D eigenvalue weighted by Gasteiger charge is 2.29. The van der Waals surface area contributed by atoms with Crippen molar-refractivity contribution < 1.29 is 4.79 Å². The minimum atomic E-state index is -0.281. The molecule has 0 bridgehead atoms. The van der Waals surface area contributed by atoms with Gasteiger partial charge in [0.15, 0.2) is 5.43 Å². The van der Waals surface area contributed by atoms with Crippen LogP contribution in [0.15, 0.2) is 23.3 Å². The summed E-state index contributed by atoms with van der Waals surface area (Å²) in [5, 5.41) is 2.84. The van der Waals surface area contributed by atoms with Gasteiger partial charge in [-0.05, 0) is 25.7 Å². The molecule has 0 saturated heterocycles. The Morgan fingerprint density at radius 3 is 2.93 bits per heavy atom. The molecule has 1 unspecified atom stereocenters. The summed E-state index contributed by atoms with van der Waals surface area (Å²) in [4.78, 5) is 25.8. The number of carbonyl (C=O) groups is 1. The Balaban J connectivity index is 2.07. The number of rotatable bonds is 3. The molecular formula is C11H14N2O2. The molecule has 2 rings (SSSR count). The van der Waals surface area contributed by atoms with Crippen LogP contribution >= 0.6 is 0 Å². The second-order valence-corrected chi connectivity index (χ2v) is 4.02. The number of pyridine rings is 1. The van der Waals surface area contributed by atoms with Gasteiger partial charge in [-0.15, -0.1) is 0 Å². The van der Waals surface area contributed by atoms with Gasteiger partial charge in [-0.2, -0.15) is 0 Å². The van der Waals surface area contributed by atoms with Gasteiger partial charge in [-0.3, -0.25) is 9.59 Å². The number of carbonyl (C=O) groups excluding carboxylic acids is 1. The number of H-pyrrole nitrogens is 1. The first kappa shape index (κ1) is 9.96. The summed E-state index contributed by atoms with van der Waals surface area (Å²) in [6.07, 6.45) is 5.31. The maximum absolute atomic E-state index is 11.7. The summed E-state index contributed by atoms with van der Waals surface area (Å²) in [7, 11) is 0. The van der Waals surface area contributed by atoms with E-state index in [1.54, 1.807) is 0 Å². The number of aromatic amines is 1. The van der Waals surface area contributed by atoms with Crippen molar-refractivity contribution in [1.29, 1.82) is 0 Å². The first-order valence-corrected chi connectivity index (χ1v) is 5.16. The van der Waals surface area contributed by atoms with Crippen LogP contribution in [-0.4, -0.2) is 16.9 Å². The highest BCUT2D eigenvalue weighted by Crippen LogP contribution is 2.32. The van der Waals surface area contributed by atoms with Crippen LogP contribution in [0.3, 0.4) is 0 Å². The molecule has 80 valence electrons. The summed E-state index contributed by atoms with van der Waals surface area (Å²) in [5.74, 6) is 0.313. The van der Waals surface area contributed by atoms with E-state index in [1.807, 2.05) is 6.92 Å². The Bertz CT molecular complexity index is 421. The minimum Gasteiger partial charge on any atom is -0.367 e. The maximum atomic E-state index is 11.7. The molecule has 0 radical (unpaired) electrons. The number of nitrogens with one attached hydrogen (secondary N) is 2. The molecule has 1 aromatic heterocycles. The lowest BCUT2D eigenvalue weighted by atomic mass is 10.2. The van der Waals surface area contributed by atoms with Gasteiger partial charge in [-0.1, -0.05) is 0 Å². The third-order valence-corrected chi connectivity index (χ3v) is 2.76. The Morgan fingerprint density at radius 1 is 1.60 bits per heavy atom. The van der Waals surface area contributed by atoms with Crippen molar-refractivity contribution in [3.8, 4) is 0 Å². The number of hydrogen-bond donors (Lipinski definition) is 2. The first-order chi connectivity index (χ1) is 7.18. The number of aromatic nitrogens is 1. The van der Waals surface area contributed by atoms with Crippen molar-refractivity contribution in [3.05, 3.63) is 34.2 Å². The van der Waals surface area contributed by atoms with Crippen LogP contribution in [0.1, 0.15) is 30.1 Å². The molecule has 1 amide bonds. The van der Waals surface area contributed by atoms with Crippen molar-refractivity contribution >= 4 is 5.91 Å². The highest BCUT2D eigenvalue weighted by atomic mass is 16.2. The molecule has 1 atom stereocenters. The third-order valence-electron chi connectivity index (χ3n) is 2.76. The molecule has 15 heavy (non-hydrogen) atoms. The molecule has 1 aliphatic carbocycles. The molecule has 2 N–H and O–H groups in total. The van der Waals surface area contributed by atoms with Gasteiger partial charge in [0.1, 0.15) is 5.56 Å². The Hall–Kier alpha value is -1.58. The van der Waals surface area contributed by atoms with Crippen LogP contribution in [0.25, 0.3) is 0 Å². The number of amides is 1. The SMILES string of the molecule is CC(NC(=O)c1c[nH]ccc1=O)C1CC1. The Morgan fingerprint density at radius 2 is 2.33 bits per heavy atom. The van der Waals surface area contributed by atoms with Crippen LogP contribution in [0.2, 0.25) is 0 Å². The molecule has 0 spiro atoms. The molecule has 0 aliphatic heterocycles. The summed E-state index contributed by atoms with van der Waals surface area (Å²) >= 11 is 0. The van der Waals surface area contributed by atoms with E-state index in [0.29, 0.717) is 5.92 Å². The standard InChI is InChI=1S/C11H14N2O2/c1-7(8-2-3-8)13-11(15)9-6-12-5-4-10(9)14/h4-8H,2-3H2,1H3,(H,12,14)(H,13,15). The maximum Gasteiger partial charge on any atom is 0.256 e. The zero-order valence-electron chi connectivity index (χ0n) is 8.62. The van der Waals surface area contributed by atoms with E-state index in [9.17, 15) is 9.59 Å². The molecule has 1 saturated carbocycles. The lowest BCUT2D eigenvalue weighted by molar-refractivity contribution is 0.0934. The topological polar surface area (TPSA) is 62.0 Å². The fourth-order valence-electron chi connectivity index (χ4n) is 1.59. The molecule has 1 aliphatic rings. The lowest BCUT2D eigenvalue weighted by Gasteiger charge is -2.11. The van der Waals surface area contributed by atoms with Crippen molar-refractivity contribution in [2.45, 2.75) is 25.8 Å². The predicted octanol–water partition coefficient (Wildman–Crippen LogP) is 0.903. The van der Waals surface area contributed by atoms with Gasteiger partial charge >= 0.3 is 0 Å². The Labute approximate surface area is 87.7 Å². The molecule has 1 heterocycles. The minimum absolute atomic E-state index is 0.164. The summed E-state index contributed by atoms with van der Waals surface area (Å²) in [5.41, 5.74) is -0.0563. The van der Waals surface area contributed by atoms with Crippen molar-refractivity contribution in [1.82, 2.24) is 10.3 Å². The van der Waals surface area contributed by atoms with E-state index >= 15 is 0 Å². The monoisotopic (exact) mass is 206 g/mol. The van der Waals surface area contributed by atoms with E-state index < -0.39 is 0 Å². The van der Waals surface area contributed by atoms with Crippen LogP contribution in [0, 0.1) is 5.92 Å². The average molecular weight is 206 g/mol. The molecule has 1 fully saturated rings. The van der Waals surface area contributed by atoms with Gasteiger partial charge in [0.05, 0.1) is 0 Å². The van der Waals surface area contributed by atoms with Crippen molar-refractivity contribution in [2.24, 2.45) is 5.92 Å². The van der Waals surface area contributed by atoms with E-state index in [1.165, 1.54) is 31.3 Å². The first-order valence-electron chi connectivity index (χ1n) is 5.16. The predicted molar refractivity (Wildman–Crippen MR) is 56.7 cm³/mol. The largest absolute Gasteiger partial charge is 0.367 e. The van der Waals surface area contributed by atoms with Gasteiger partial charge in [-0.25, -0.2) is 0 Å². The van der Waals surface area contributed by atoms with E-state index in [-0.39, 0.29) is 22.9 Å². The fourth-order valence-corrected chi connectivity index (χ4v) is 1.59. The van der Waals surface area contributed by atoms with Crippen LogP contribution in [0.4, 0.5) is 0 Å². The zero-order chi connectivity index (χ0) is 10.8. The van der Waals surface area contributed by atoms with Crippen LogP contribution < -0.4 is 10.7 Å². The third kappa shape index (κ3) is 2.26. The van der Waals surface area contributed by atoms with Gasteiger partial charge in [0, 0.05) is 24.5 Å². The normalized spacial score (nSPS) is 17.1. The smallest absolute Gasteiger partial charge is 0.256 e. The van der Waals surface area contributed by atoms with E-state index in [0.717, 1.165) is 0 Å². The van der Waals surface area contributed by atoms with Crippen LogP contribution in [-0.2, 0) is 0 Å². The summed E-state index contributed by atoms with van der Waals surface area (Å²) < 4.78 is 0. The second kappa shape index (κ2) is 3.88. The van der Waals surface area contributed by atoms with Crippen molar-refractivity contribution in [2.75, 3.05) is 0 Å². The average Bonchev–Trinajstić information content (AvgIpc) is 3.01. The molecule has 1 aromatic rings.